The van der Waals surface area contributed by atoms with Crippen molar-refractivity contribution in [1.29, 1.82) is 0 Å². The number of hydrogen-bond acceptors (Lipinski definition) is 5. The number of aromatic amines is 1. The van der Waals surface area contributed by atoms with Gasteiger partial charge in [-0.15, -0.1) is 0 Å². The fourth-order valence-corrected chi connectivity index (χ4v) is 1.27. The Morgan fingerprint density at radius 2 is 2.24 bits per heavy atom. The molecule has 2 unspecified atom stereocenters. The standard InChI is InChI=1S/C10H15N3O4/c1-6(14)11-5-4-8(15)10(17)7-2-3-9(16)13-12-7/h2-3,8,10,15,17H,4-5H2,1H3,(H,11,14)(H,13,16). The Morgan fingerprint density at radius 1 is 1.53 bits per heavy atom. The minimum Gasteiger partial charge on any atom is -0.390 e. The second-order valence-electron chi connectivity index (χ2n) is 3.63. The van der Waals surface area contributed by atoms with E-state index in [1.807, 2.05) is 0 Å². The second kappa shape index (κ2) is 6.12. The summed E-state index contributed by atoms with van der Waals surface area (Å²) in [6, 6.07) is 2.55. The minimum absolute atomic E-state index is 0.180. The Hall–Kier alpha value is -1.73. The SMILES string of the molecule is CC(=O)NCCC(O)C(O)c1ccc(=O)[nH]n1. The van der Waals surface area contributed by atoms with Crippen LogP contribution in [0.15, 0.2) is 16.9 Å². The van der Waals surface area contributed by atoms with Gasteiger partial charge in [-0.25, -0.2) is 5.10 Å². The number of H-pyrrole nitrogens is 1. The van der Waals surface area contributed by atoms with E-state index in [1.54, 1.807) is 0 Å². The van der Waals surface area contributed by atoms with Gasteiger partial charge in [0.25, 0.3) is 5.56 Å². The first-order valence-corrected chi connectivity index (χ1v) is 5.17. The highest BCUT2D eigenvalue weighted by molar-refractivity contribution is 5.72. The van der Waals surface area contributed by atoms with Gasteiger partial charge in [0.05, 0.1) is 11.8 Å². The van der Waals surface area contributed by atoms with Gasteiger partial charge < -0.3 is 15.5 Å². The fraction of sp³-hybridized carbons (Fsp3) is 0.500. The van der Waals surface area contributed by atoms with Crippen LogP contribution in [0.2, 0.25) is 0 Å². The lowest BCUT2D eigenvalue weighted by Gasteiger charge is -2.16. The first-order valence-electron chi connectivity index (χ1n) is 5.17. The average molecular weight is 241 g/mol. The zero-order valence-corrected chi connectivity index (χ0v) is 9.38. The van der Waals surface area contributed by atoms with Gasteiger partial charge in [-0.2, -0.15) is 5.10 Å². The van der Waals surface area contributed by atoms with E-state index in [2.05, 4.69) is 15.5 Å². The molecule has 0 fully saturated rings. The molecule has 0 aliphatic carbocycles. The van der Waals surface area contributed by atoms with Gasteiger partial charge in [-0.3, -0.25) is 9.59 Å². The molecule has 1 rings (SSSR count). The highest BCUT2D eigenvalue weighted by atomic mass is 16.3. The third-order valence-corrected chi connectivity index (χ3v) is 2.18. The van der Waals surface area contributed by atoms with Crippen LogP contribution in [0.4, 0.5) is 0 Å². The van der Waals surface area contributed by atoms with Crippen LogP contribution < -0.4 is 10.9 Å². The van der Waals surface area contributed by atoms with Crippen LogP contribution in [-0.4, -0.2) is 39.0 Å². The summed E-state index contributed by atoms with van der Waals surface area (Å²) in [5.74, 6) is -0.200. The van der Waals surface area contributed by atoms with Gasteiger partial charge in [0, 0.05) is 19.5 Å². The molecule has 2 atom stereocenters. The molecule has 94 valence electrons. The Morgan fingerprint density at radius 3 is 2.76 bits per heavy atom. The number of nitrogens with zero attached hydrogens (tertiary/aromatic N) is 1. The third-order valence-electron chi connectivity index (χ3n) is 2.18. The molecular weight excluding hydrogens is 226 g/mol. The summed E-state index contributed by atoms with van der Waals surface area (Å²) in [7, 11) is 0. The molecule has 0 aliphatic rings. The number of aliphatic hydroxyl groups excluding tert-OH is 2. The smallest absolute Gasteiger partial charge is 0.264 e. The maximum absolute atomic E-state index is 10.8. The van der Waals surface area contributed by atoms with Crippen LogP contribution in [0, 0.1) is 0 Å². The van der Waals surface area contributed by atoms with Gasteiger partial charge in [-0.05, 0) is 12.5 Å². The second-order valence-corrected chi connectivity index (χ2v) is 3.63. The Kier molecular flexibility index (Phi) is 4.80. The van der Waals surface area contributed by atoms with Crippen LogP contribution in [0.1, 0.15) is 25.1 Å². The van der Waals surface area contributed by atoms with Crippen LogP contribution >= 0.6 is 0 Å². The van der Waals surface area contributed by atoms with Crippen molar-refractivity contribution >= 4 is 5.91 Å². The van der Waals surface area contributed by atoms with E-state index in [9.17, 15) is 19.8 Å². The number of nitrogens with one attached hydrogen (secondary N) is 2. The molecule has 0 saturated heterocycles. The molecule has 7 nitrogen and oxygen atoms in total. The predicted octanol–water partition coefficient (Wildman–Crippen LogP) is -1.31. The first-order chi connectivity index (χ1) is 8.00. The van der Waals surface area contributed by atoms with Crippen molar-refractivity contribution in [2.75, 3.05) is 6.54 Å². The van der Waals surface area contributed by atoms with Crippen molar-refractivity contribution in [1.82, 2.24) is 15.5 Å². The Labute approximate surface area is 97.5 Å². The quantitative estimate of drug-likeness (QED) is 0.511. The molecule has 0 radical (unpaired) electrons. The van der Waals surface area contributed by atoms with Crippen LogP contribution in [-0.2, 0) is 4.79 Å². The number of aliphatic hydroxyl groups is 2. The summed E-state index contributed by atoms with van der Waals surface area (Å²) in [5.41, 5.74) is -0.200. The molecule has 0 bridgehead atoms. The lowest BCUT2D eigenvalue weighted by Crippen LogP contribution is -2.28. The highest BCUT2D eigenvalue weighted by Crippen LogP contribution is 2.14. The summed E-state index contributed by atoms with van der Waals surface area (Å²) < 4.78 is 0. The Bertz CT molecular complexity index is 411. The van der Waals surface area contributed by atoms with Crippen molar-refractivity contribution in [2.24, 2.45) is 0 Å². The highest BCUT2D eigenvalue weighted by Gasteiger charge is 2.19. The molecule has 7 heteroatoms. The monoisotopic (exact) mass is 241 g/mol. The molecule has 4 N–H and O–H groups in total. The van der Waals surface area contributed by atoms with E-state index in [0.29, 0.717) is 0 Å². The summed E-state index contributed by atoms with van der Waals surface area (Å²) in [5, 5.41) is 27.6. The summed E-state index contributed by atoms with van der Waals surface area (Å²) >= 11 is 0. The van der Waals surface area contributed by atoms with Crippen molar-refractivity contribution in [3.8, 4) is 0 Å². The number of carbonyl (C=O) groups is 1. The largest absolute Gasteiger partial charge is 0.390 e. The minimum atomic E-state index is -1.19. The molecule has 17 heavy (non-hydrogen) atoms. The van der Waals surface area contributed by atoms with Crippen LogP contribution in [0.25, 0.3) is 0 Å². The normalized spacial score (nSPS) is 14.1. The molecule has 1 aromatic heterocycles. The van der Waals surface area contributed by atoms with Crippen molar-refractivity contribution in [3.63, 3.8) is 0 Å². The number of hydrogen-bond donors (Lipinski definition) is 4. The van der Waals surface area contributed by atoms with Crippen LogP contribution in [0.3, 0.4) is 0 Å². The number of carbonyl (C=O) groups excluding carboxylic acids is 1. The summed E-state index contributed by atoms with van der Waals surface area (Å²) in [6.45, 7) is 1.63. The van der Waals surface area contributed by atoms with Gasteiger partial charge >= 0.3 is 0 Å². The first kappa shape index (κ1) is 13.3. The zero-order chi connectivity index (χ0) is 12.8. The lowest BCUT2D eigenvalue weighted by molar-refractivity contribution is -0.119. The van der Waals surface area contributed by atoms with E-state index in [4.69, 9.17) is 0 Å². The number of amides is 1. The third kappa shape index (κ3) is 4.33. The molecular formula is C10H15N3O4. The van der Waals surface area contributed by atoms with E-state index < -0.39 is 12.2 Å². The summed E-state index contributed by atoms with van der Waals surface area (Å²) in [4.78, 5) is 21.3. The fourth-order valence-electron chi connectivity index (χ4n) is 1.27. The topological polar surface area (TPSA) is 115 Å². The zero-order valence-electron chi connectivity index (χ0n) is 9.38. The van der Waals surface area contributed by atoms with Crippen molar-refractivity contribution in [3.05, 3.63) is 28.2 Å². The molecule has 1 heterocycles. The van der Waals surface area contributed by atoms with E-state index >= 15 is 0 Å². The summed E-state index contributed by atoms with van der Waals surface area (Å²) in [6.07, 6.45) is -2.05. The van der Waals surface area contributed by atoms with E-state index in [-0.39, 0.29) is 30.1 Å². The number of aromatic nitrogens is 2. The molecule has 0 spiro atoms. The van der Waals surface area contributed by atoms with E-state index in [1.165, 1.54) is 19.1 Å². The lowest BCUT2D eigenvalue weighted by atomic mass is 10.1. The molecule has 0 aliphatic heterocycles. The molecule has 1 aromatic rings. The van der Waals surface area contributed by atoms with Crippen LogP contribution in [0.5, 0.6) is 0 Å². The average Bonchev–Trinajstić information content (AvgIpc) is 2.28. The van der Waals surface area contributed by atoms with Crippen molar-refractivity contribution < 1.29 is 15.0 Å². The maximum Gasteiger partial charge on any atom is 0.264 e. The van der Waals surface area contributed by atoms with Gasteiger partial charge in [0.2, 0.25) is 5.91 Å². The van der Waals surface area contributed by atoms with Crippen molar-refractivity contribution in [2.45, 2.75) is 25.6 Å². The number of rotatable bonds is 5. The van der Waals surface area contributed by atoms with Gasteiger partial charge in [0.15, 0.2) is 0 Å². The predicted molar refractivity (Wildman–Crippen MR) is 59.1 cm³/mol. The van der Waals surface area contributed by atoms with Gasteiger partial charge in [-0.1, -0.05) is 0 Å². The van der Waals surface area contributed by atoms with Gasteiger partial charge in [0.1, 0.15) is 6.10 Å². The maximum atomic E-state index is 10.8. The molecule has 0 aromatic carbocycles. The Balaban J connectivity index is 2.51. The molecule has 1 amide bonds. The van der Waals surface area contributed by atoms with E-state index in [0.717, 1.165) is 0 Å². The molecule has 0 saturated carbocycles.